The number of carbonyl (C=O) groups excluding carboxylic acids is 2. The summed E-state index contributed by atoms with van der Waals surface area (Å²) in [4.78, 5) is 34.0. The number of hydrogen-bond donors (Lipinski definition) is 3. The number of likely N-dealkylation sites (tertiary alicyclic amines) is 2. The van der Waals surface area contributed by atoms with Gasteiger partial charge in [0.2, 0.25) is 5.91 Å². The lowest BCUT2D eigenvalue weighted by Crippen LogP contribution is -2.47. The number of alkyl halides is 3. The Morgan fingerprint density at radius 2 is 1.82 bits per heavy atom. The van der Waals surface area contributed by atoms with E-state index in [9.17, 15) is 33.0 Å². The van der Waals surface area contributed by atoms with Crippen molar-refractivity contribution in [3.8, 4) is 0 Å². The fraction of sp³-hybridized carbons (Fsp3) is 0.594. The van der Waals surface area contributed by atoms with E-state index in [1.54, 1.807) is 0 Å². The Kier molecular flexibility index (Phi) is 9.93. The third kappa shape index (κ3) is 7.09. The largest absolute Gasteiger partial charge is 0.416 e. The van der Waals surface area contributed by atoms with Gasteiger partial charge in [0.25, 0.3) is 0 Å². The molecule has 0 radical (unpaired) electrons. The second-order valence-electron chi connectivity index (χ2n) is 12.4. The van der Waals surface area contributed by atoms with E-state index < -0.39 is 17.3 Å². The van der Waals surface area contributed by atoms with Gasteiger partial charge in [-0.2, -0.15) is 13.2 Å². The van der Waals surface area contributed by atoms with Crippen LogP contribution in [0, 0.1) is 0 Å². The second kappa shape index (κ2) is 13.5. The van der Waals surface area contributed by atoms with Gasteiger partial charge in [0.15, 0.2) is 0 Å². The molecule has 2 aromatic rings. The summed E-state index contributed by atoms with van der Waals surface area (Å²) in [6.07, 6.45) is 3.90. The predicted octanol–water partition coefficient (Wildman–Crippen LogP) is 3.20. The normalized spacial score (nSPS) is 28.9. The number of pyridine rings is 1. The number of nitrogens with one attached hydrogen (secondary N) is 1. The third-order valence-corrected chi connectivity index (χ3v) is 9.62. The topological polar surface area (TPSA) is 109 Å². The number of carbonyl (C=O) groups is 2. The van der Waals surface area contributed by atoms with Crippen LogP contribution in [0.15, 0.2) is 42.6 Å². The number of amides is 1. The van der Waals surface area contributed by atoms with Gasteiger partial charge in [-0.25, -0.2) is 0 Å². The van der Waals surface area contributed by atoms with Gasteiger partial charge in [0.1, 0.15) is 11.9 Å². The van der Waals surface area contributed by atoms with E-state index in [1.165, 1.54) is 12.1 Å². The second-order valence-corrected chi connectivity index (χ2v) is 12.4. The maximum atomic E-state index is 12.4. The molecule has 4 heterocycles. The van der Waals surface area contributed by atoms with Crippen molar-refractivity contribution < 1.29 is 33.0 Å². The van der Waals surface area contributed by atoms with Gasteiger partial charge >= 0.3 is 6.18 Å². The quantitative estimate of drug-likeness (QED) is 0.425. The summed E-state index contributed by atoms with van der Waals surface area (Å²) in [6, 6.07) is 9.57. The summed E-state index contributed by atoms with van der Waals surface area (Å²) in [6.45, 7) is 3.85. The van der Waals surface area contributed by atoms with Crippen LogP contribution in [0.4, 0.5) is 18.9 Å². The molecule has 3 N–H and O–H groups in total. The highest BCUT2D eigenvalue weighted by molar-refractivity contribution is 5.79. The van der Waals surface area contributed by atoms with E-state index in [0.29, 0.717) is 37.5 Å². The van der Waals surface area contributed by atoms with Crippen LogP contribution < -0.4 is 10.2 Å². The highest BCUT2D eigenvalue weighted by atomic mass is 19.4. The van der Waals surface area contributed by atoms with Crippen LogP contribution in [-0.4, -0.2) is 101 Å². The lowest BCUT2D eigenvalue weighted by molar-refractivity contribution is -0.137. The number of β-amino-alcohol motifs (C(OH)–C–C–N with tert-alkyl or cyclic N) is 1. The summed E-state index contributed by atoms with van der Waals surface area (Å²) in [5.41, 5.74) is 0.160. The molecular weight excluding hydrogens is 575 g/mol. The molecule has 3 atom stereocenters. The molecule has 3 saturated heterocycles. The lowest BCUT2D eigenvalue weighted by atomic mass is 9.79. The van der Waals surface area contributed by atoms with Crippen LogP contribution >= 0.6 is 0 Å². The molecule has 1 saturated carbocycles. The number of aliphatic hydroxyl groups excluding tert-OH is 1. The van der Waals surface area contributed by atoms with Gasteiger partial charge < -0.3 is 25.3 Å². The number of aromatic nitrogens is 1. The smallest absolute Gasteiger partial charge is 0.391 e. The van der Waals surface area contributed by atoms with Crippen molar-refractivity contribution in [3.05, 3.63) is 59.4 Å². The Morgan fingerprint density at radius 3 is 2.43 bits per heavy atom. The van der Waals surface area contributed by atoms with Crippen molar-refractivity contribution in [2.45, 2.75) is 81.0 Å². The highest BCUT2D eigenvalue weighted by Gasteiger charge is 2.48. The fourth-order valence-electron chi connectivity index (χ4n) is 7.32. The SMILES string of the molecule is CNCC(=O)N1CCC2C1CCN2C1CCC(O)(c2ccc(N3CCC(O)C3)cn2)CC1.O=Cc1cccc(C(F)(F)F)c1. The first-order chi connectivity index (χ1) is 21.0. The molecule has 1 aromatic carbocycles. The van der Waals surface area contributed by atoms with Gasteiger partial charge in [-0.15, -0.1) is 0 Å². The van der Waals surface area contributed by atoms with Crippen molar-refractivity contribution in [1.82, 2.24) is 20.1 Å². The average Bonchev–Trinajstić information content (AvgIpc) is 3.75. The van der Waals surface area contributed by atoms with Crippen molar-refractivity contribution in [1.29, 1.82) is 0 Å². The molecule has 0 bridgehead atoms. The number of aliphatic hydroxyl groups is 2. The Morgan fingerprint density at radius 1 is 1.07 bits per heavy atom. The molecule has 4 fully saturated rings. The summed E-state index contributed by atoms with van der Waals surface area (Å²) >= 11 is 0. The standard InChI is InChI=1S/C24H37N5O3.C8H5F3O/c1-25-15-23(31)29-13-8-20-21(29)7-12-28(20)17-4-9-24(32,10-5-17)22-3-2-18(14-26-22)27-11-6-19(30)16-27;9-8(10,11)7-3-1-2-6(4-7)5-12/h2-3,14,17,19-21,25,30,32H,4-13,15-16H2,1H3;1-5H. The van der Waals surface area contributed by atoms with Crippen LogP contribution in [0.25, 0.3) is 0 Å². The summed E-state index contributed by atoms with van der Waals surface area (Å²) < 4.78 is 36.0. The number of likely N-dealkylation sites (N-methyl/N-ethyl adjacent to an activating group) is 1. The zero-order valence-corrected chi connectivity index (χ0v) is 25.0. The number of halogens is 3. The van der Waals surface area contributed by atoms with E-state index in [1.807, 2.05) is 25.4 Å². The van der Waals surface area contributed by atoms with Crippen molar-refractivity contribution in [3.63, 3.8) is 0 Å². The molecule has 1 amide bonds. The molecule has 9 nitrogen and oxygen atoms in total. The van der Waals surface area contributed by atoms with E-state index >= 15 is 0 Å². The van der Waals surface area contributed by atoms with Crippen LogP contribution in [0.2, 0.25) is 0 Å². The van der Waals surface area contributed by atoms with Gasteiger partial charge in [-0.1, -0.05) is 12.1 Å². The van der Waals surface area contributed by atoms with E-state index in [4.69, 9.17) is 0 Å². The van der Waals surface area contributed by atoms with Gasteiger partial charge in [0, 0.05) is 49.9 Å². The van der Waals surface area contributed by atoms with E-state index in [0.717, 1.165) is 88.1 Å². The molecule has 12 heteroatoms. The Hall–Kier alpha value is -3.06. The molecule has 3 aliphatic heterocycles. The number of nitrogens with zero attached hydrogens (tertiary/aromatic N) is 4. The van der Waals surface area contributed by atoms with E-state index in [-0.39, 0.29) is 17.6 Å². The number of fused-ring (bicyclic) bond motifs is 1. The minimum absolute atomic E-state index is 0.0322. The number of rotatable bonds is 6. The maximum Gasteiger partial charge on any atom is 0.416 e. The van der Waals surface area contributed by atoms with Crippen LogP contribution in [0.5, 0.6) is 0 Å². The molecule has 1 aliphatic carbocycles. The molecule has 0 spiro atoms. The van der Waals surface area contributed by atoms with Crippen molar-refractivity contribution >= 4 is 17.9 Å². The molecule has 6 rings (SSSR count). The number of hydrogen-bond acceptors (Lipinski definition) is 8. The summed E-state index contributed by atoms with van der Waals surface area (Å²) in [5, 5.41) is 24.1. The Bertz CT molecular complexity index is 1290. The average molecular weight is 618 g/mol. The summed E-state index contributed by atoms with van der Waals surface area (Å²) in [7, 11) is 1.83. The number of anilines is 1. The first-order valence-electron chi connectivity index (χ1n) is 15.5. The lowest BCUT2D eigenvalue weighted by Gasteiger charge is -2.41. The Balaban J connectivity index is 0.000000270. The highest BCUT2D eigenvalue weighted by Crippen LogP contribution is 2.42. The molecule has 240 valence electrons. The van der Waals surface area contributed by atoms with Crippen LogP contribution in [-0.2, 0) is 16.6 Å². The van der Waals surface area contributed by atoms with Crippen LogP contribution in [0.1, 0.15) is 66.6 Å². The minimum atomic E-state index is -4.38. The molecular formula is C32H42F3N5O4. The first-order valence-corrected chi connectivity index (χ1v) is 15.5. The third-order valence-electron chi connectivity index (χ3n) is 9.62. The van der Waals surface area contributed by atoms with Crippen LogP contribution in [0.3, 0.4) is 0 Å². The van der Waals surface area contributed by atoms with Crippen molar-refractivity contribution in [2.24, 2.45) is 0 Å². The zero-order chi connectivity index (χ0) is 31.5. The molecule has 44 heavy (non-hydrogen) atoms. The maximum absolute atomic E-state index is 12.4. The molecule has 3 unspecified atom stereocenters. The van der Waals surface area contributed by atoms with Gasteiger partial charge in [-0.3, -0.25) is 19.5 Å². The minimum Gasteiger partial charge on any atom is -0.391 e. The van der Waals surface area contributed by atoms with Gasteiger partial charge in [-0.05, 0) is 76.3 Å². The molecule has 4 aliphatic rings. The van der Waals surface area contributed by atoms with Crippen molar-refractivity contribution in [2.75, 3.05) is 44.7 Å². The summed E-state index contributed by atoms with van der Waals surface area (Å²) in [5.74, 6) is 0.220. The fourth-order valence-corrected chi connectivity index (χ4v) is 7.32. The van der Waals surface area contributed by atoms with E-state index in [2.05, 4.69) is 25.0 Å². The number of aldehydes is 1. The predicted molar refractivity (Wildman–Crippen MR) is 159 cm³/mol. The Labute approximate surface area is 256 Å². The first kappa shape index (κ1) is 32.3. The van der Waals surface area contributed by atoms with Gasteiger partial charge in [0.05, 0.1) is 35.8 Å². The molecule has 1 aromatic heterocycles. The monoisotopic (exact) mass is 617 g/mol. The zero-order valence-electron chi connectivity index (χ0n) is 25.0. The number of benzene rings is 1.